The molecule has 9 aromatic rings. The highest BCUT2D eigenvalue weighted by Gasteiger charge is 2.49. The Morgan fingerprint density at radius 2 is 1.03 bits per heavy atom. The van der Waals surface area contributed by atoms with Gasteiger partial charge in [-0.2, -0.15) is 0 Å². The molecule has 1 aromatic heterocycles. The summed E-state index contributed by atoms with van der Waals surface area (Å²) in [4.78, 5) is 5.56. The second-order valence-corrected chi connectivity index (χ2v) is 27.3. The van der Waals surface area contributed by atoms with Gasteiger partial charge < -0.3 is 9.71 Å². The predicted molar refractivity (Wildman–Crippen MR) is 325 cm³/mol. The first-order valence-electron chi connectivity index (χ1n) is 27.7. The third-order valence-corrected chi connectivity index (χ3v) is 19.6. The Morgan fingerprint density at radius 1 is 0.467 bits per heavy atom. The number of hydrogen-bond acceptors (Lipinski definition) is 3. The molecule has 0 bridgehead atoms. The van der Waals surface area contributed by atoms with Crippen LogP contribution >= 0.6 is 11.3 Å². The van der Waals surface area contributed by atoms with Gasteiger partial charge in [0.1, 0.15) is 0 Å². The predicted octanol–water partition coefficient (Wildman–Crippen LogP) is 18.5. The molecule has 4 heteroatoms. The third kappa shape index (κ3) is 7.78. The van der Waals surface area contributed by atoms with E-state index in [0.29, 0.717) is 0 Å². The normalized spacial score (nSPS) is 17.5. The molecule has 0 saturated heterocycles. The van der Waals surface area contributed by atoms with Crippen LogP contribution in [0.3, 0.4) is 0 Å². The largest absolute Gasteiger partial charge is 0.376 e. The summed E-state index contributed by atoms with van der Waals surface area (Å²) >= 11 is 2.05. The zero-order valence-electron chi connectivity index (χ0n) is 46.1. The summed E-state index contributed by atoms with van der Waals surface area (Å²) in [6, 6.07) is 66.0. The van der Waals surface area contributed by atoms with Crippen LogP contribution < -0.4 is 20.0 Å². The fourth-order valence-electron chi connectivity index (χ4n) is 13.6. The van der Waals surface area contributed by atoms with Gasteiger partial charge in [0.25, 0.3) is 0 Å². The van der Waals surface area contributed by atoms with Gasteiger partial charge in [-0.1, -0.05) is 197 Å². The van der Waals surface area contributed by atoms with Crippen LogP contribution in [0, 0.1) is 0 Å². The first-order valence-corrected chi connectivity index (χ1v) is 28.5. The van der Waals surface area contributed by atoms with Crippen molar-refractivity contribution in [2.24, 2.45) is 0 Å². The molecule has 2 aliphatic carbocycles. The highest BCUT2D eigenvalue weighted by molar-refractivity contribution is 7.32. The minimum Gasteiger partial charge on any atom is -0.376 e. The van der Waals surface area contributed by atoms with Gasteiger partial charge in [-0.15, -0.1) is 11.3 Å². The molecule has 0 spiro atoms. The Kier molecular flexibility index (Phi) is 10.9. The standard InChI is InChI=1S/C71H71BN2S/c1-67(2,3)51-29-27-49(53(40-51)47-25-19-14-20-26-47)44-73-62-39-50(46-23-17-13-18-24-46)38-55-54-37-48(45-21-15-12-16-22-45)28-32-61(54)74(52-30-31-57-58(41-52)69(6,7)34-33-68(57,4)5)72(64(55)62)66-65(73)56-42-59-60(43-63(56)75-66)71(10,11)36-35-70(59,8)9/h12-32,37-43H,33-36,44H2,1-11H3. The summed E-state index contributed by atoms with van der Waals surface area (Å²) in [7, 11) is 0. The van der Waals surface area contributed by atoms with Gasteiger partial charge >= 0.3 is 6.85 Å². The van der Waals surface area contributed by atoms with Crippen molar-refractivity contribution >= 4 is 61.3 Å². The fraction of sp³-hybridized carbons (Fsp3) is 0.296. The topological polar surface area (TPSA) is 6.48 Å². The number of benzene rings is 8. The van der Waals surface area contributed by atoms with E-state index in [-0.39, 0.29) is 33.9 Å². The van der Waals surface area contributed by atoms with E-state index in [0.717, 1.165) is 6.54 Å². The molecule has 8 aromatic carbocycles. The van der Waals surface area contributed by atoms with Crippen molar-refractivity contribution in [1.82, 2.24) is 0 Å². The first kappa shape index (κ1) is 48.1. The quantitative estimate of drug-likeness (QED) is 0.153. The summed E-state index contributed by atoms with van der Waals surface area (Å²) < 4.78 is 2.81. The number of anilines is 4. The van der Waals surface area contributed by atoms with Crippen molar-refractivity contribution in [3.63, 3.8) is 0 Å². The minimum atomic E-state index is -0.0776. The lowest BCUT2D eigenvalue weighted by atomic mass is 9.46. The molecule has 0 saturated carbocycles. The Bertz CT molecular complexity index is 3740. The Morgan fingerprint density at radius 3 is 1.65 bits per heavy atom. The molecule has 0 atom stereocenters. The van der Waals surface area contributed by atoms with E-state index in [1.54, 1.807) is 0 Å². The van der Waals surface area contributed by atoms with E-state index in [9.17, 15) is 0 Å². The van der Waals surface area contributed by atoms with Crippen LogP contribution in [-0.2, 0) is 33.6 Å². The van der Waals surface area contributed by atoms with Crippen LogP contribution in [0.5, 0.6) is 0 Å². The van der Waals surface area contributed by atoms with Crippen LogP contribution in [-0.4, -0.2) is 6.85 Å². The summed E-state index contributed by atoms with van der Waals surface area (Å²) in [5.74, 6) is 0. The van der Waals surface area contributed by atoms with Gasteiger partial charge in [0.15, 0.2) is 0 Å². The second kappa shape index (κ2) is 16.9. The van der Waals surface area contributed by atoms with Crippen molar-refractivity contribution < 1.29 is 0 Å². The highest BCUT2D eigenvalue weighted by atomic mass is 32.1. The maximum atomic E-state index is 2.78. The van der Waals surface area contributed by atoms with Gasteiger partial charge in [0.2, 0.25) is 0 Å². The molecular weight excluding hydrogens is 924 g/mol. The summed E-state index contributed by atoms with van der Waals surface area (Å²) in [5.41, 5.74) is 25.6. The van der Waals surface area contributed by atoms with Crippen LogP contribution in [0.15, 0.2) is 170 Å². The SMILES string of the molecule is CC(C)(C)c1ccc(CN2c3cc(-c4ccccc4)cc4c3B(c3sc5cc6c(cc5c32)C(C)(C)CCC6(C)C)N(c2ccc3c(c2)C(C)(C)CCC3(C)C)c2ccc(-c3ccccc3)cc2-4)c(-c2ccccc2)c1. The van der Waals surface area contributed by atoms with E-state index >= 15 is 0 Å². The number of hydrogen-bond donors (Lipinski definition) is 0. The van der Waals surface area contributed by atoms with Crippen molar-refractivity contribution in [3.05, 3.63) is 203 Å². The lowest BCUT2D eigenvalue weighted by molar-refractivity contribution is 0.332. The lowest BCUT2D eigenvalue weighted by Gasteiger charge is -2.46. The fourth-order valence-corrected chi connectivity index (χ4v) is 15.0. The summed E-state index contributed by atoms with van der Waals surface area (Å²) in [6.45, 7) is 27.5. The Labute approximate surface area is 451 Å². The molecule has 3 heterocycles. The number of thiophene rings is 1. The summed E-state index contributed by atoms with van der Waals surface area (Å²) in [6.07, 6.45) is 4.71. The smallest absolute Gasteiger partial charge is 0.343 e. The Balaban J connectivity index is 1.16. The lowest BCUT2D eigenvalue weighted by Crippen LogP contribution is -2.61. The number of fused-ring (bicyclic) bond motifs is 8. The van der Waals surface area contributed by atoms with Gasteiger partial charge in [-0.05, 0) is 179 Å². The number of nitrogens with zero attached hydrogens (tertiary/aromatic N) is 2. The molecule has 4 aliphatic rings. The van der Waals surface area contributed by atoms with Crippen LogP contribution in [0.1, 0.15) is 135 Å². The molecule has 75 heavy (non-hydrogen) atoms. The van der Waals surface area contributed by atoms with E-state index in [4.69, 9.17) is 0 Å². The van der Waals surface area contributed by atoms with Gasteiger partial charge in [-0.25, -0.2) is 0 Å². The van der Waals surface area contributed by atoms with Gasteiger partial charge in [-0.3, -0.25) is 0 Å². The van der Waals surface area contributed by atoms with Crippen molar-refractivity contribution in [3.8, 4) is 44.5 Å². The minimum absolute atomic E-state index is 0.00298. The van der Waals surface area contributed by atoms with Crippen LogP contribution in [0.4, 0.5) is 22.7 Å². The molecule has 13 rings (SSSR count). The van der Waals surface area contributed by atoms with E-state index in [1.165, 1.54) is 147 Å². The number of rotatable bonds is 6. The molecular formula is C71H71BN2S. The van der Waals surface area contributed by atoms with Gasteiger partial charge in [0, 0.05) is 44.0 Å². The second-order valence-electron chi connectivity index (χ2n) is 26.2. The molecule has 0 fully saturated rings. The van der Waals surface area contributed by atoms with E-state index in [2.05, 4.69) is 267 Å². The molecule has 0 unspecified atom stereocenters. The average Bonchev–Trinajstić information content (AvgIpc) is 3.83. The first-order chi connectivity index (χ1) is 35.8. The monoisotopic (exact) mass is 995 g/mol. The van der Waals surface area contributed by atoms with E-state index in [1.807, 2.05) is 0 Å². The molecule has 0 amide bonds. The molecule has 374 valence electrons. The van der Waals surface area contributed by atoms with Crippen LogP contribution in [0.25, 0.3) is 54.6 Å². The van der Waals surface area contributed by atoms with Crippen molar-refractivity contribution in [2.45, 2.75) is 135 Å². The molecule has 0 N–H and O–H groups in total. The molecule has 2 aliphatic heterocycles. The zero-order chi connectivity index (χ0) is 52.0. The van der Waals surface area contributed by atoms with Crippen molar-refractivity contribution in [2.75, 3.05) is 9.71 Å². The average molecular weight is 995 g/mol. The molecule has 2 nitrogen and oxygen atoms in total. The maximum Gasteiger partial charge on any atom is 0.343 e. The van der Waals surface area contributed by atoms with E-state index < -0.39 is 0 Å². The van der Waals surface area contributed by atoms with Crippen LogP contribution in [0.2, 0.25) is 0 Å². The summed E-state index contributed by atoms with van der Waals surface area (Å²) in [5, 5.41) is 1.38. The molecule has 0 radical (unpaired) electrons. The Hall–Kier alpha value is -6.62. The third-order valence-electron chi connectivity index (χ3n) is 18.4. The maximum absolute atomic E-state index is 2.78. The van der Waals surface area contributed by atoms with Gasteiger partial charge in [0.05, 0.1) is 5.69 Å². The zero-order valence-corrected chi connectivity index (χ0v) is 46.9. The van der Waals surface area contributed by atoms with Crippen molar-refractivity contribution in [1.29, 1.82) is 0 Å². The highest BCUT2D eigenvalue weighted by Crippen LogP contribution is 2.55.